The molecule has 0 radical (unpaired) electrons. The molecule has 2 rings (SSSR count). The van der Waals surface area contributed by atoms with Crippen LogP contribution < -0.4 is 4.90 Å². The molecule has 1 saturated heterocycles. The Hall–Kier alpha value is -1.34. The lowest BCUT2D eigenvalue weighted by atomic mass is 10.2. The molecule has 0 saturated carbocycles. The first kappa shape index (κ1) is 13.1. The van der Waals surface area contributed by atoms with Crippen molar-refractivity contribution in [2.45, 2.75) is 17.7 Å². The minimum atomic E-state index is -4.00. The van der Waals surface area contributed by atoms with Gasteiger partial charge in [0.15, 0.2) is 0 Å². The van der Waals surface area contributed by atoms with E-state index in [1.165, 1.54) is 12.1 Å². The number of hydrogen-bond acceptors (Lipinski definition) is 5. The third kappa shape index (κ3) is 2.56. The van der Waals surface area contributed by atoms with E-state index in [1.54, 1.807) is 0 Å². The van der Waals surface area contributed by atoms with Gasteiger partial charge in [-0.2, -0.15) is 0 Å². The zero-order chi connectivity index (χ0) is 13.3. The van der Waals surface area contributed by atoms with Crippen molar-refractivity contribution in [1.82, 2.24) is 0 Å². The van der Waals surface area contributed by atoms with E-state index >= 15 is 0 Å². The lowest BCUT2D eigenvalue weighted by molar-refractivity contribution is -0.385. The Labute approximate surface area is 109 Å². The van der Waals surface area contributed by atoms with Crippen molar-refractivity contribution in [1.29, 1.82) is 0 Å². The second-order valence-corrected chi connectivity index (χ2v) is 6.58. The first-order valence-corrected chi connectivity index (χ1v) is 7.68. The average molecular weight is 291 g/mol. The van der Waals surface area contributed by atoms with Crippen LogP contribution in [0.25, 0.3) is 0 Å². The molecule has 1 aliphatic heterocycles. The first-order chi connectivity index (χ1) is 8.39. The summed E-state index contributed by atoms with van der Waals surface area (Å²) in [4.78, 5) is 11.7. The summed E-state index contributed by atoms with van der Waals surface area (Å²) < 4.78 is 23.0. The number of anilines is 1. The lowest BCUT2D eigenvalue weighted by Gasteiger charge is -2.19. The summed E-state index contributed by atoms with van der Waals surface area (Å²) in [5.74, 6) is 0. The predicted octanol–water partition coefficient (Wildman–Crippen LogP) is 2.12. The van der Waals surface area contributed by atoms with Gasteiger partial charge < -0.3 is 4.90 Å². The fourth-order valence-corrected chi connectivity index (χ4v) is 3.11. The van der Waals surface area contributed by atoms with Crippen molar-refractivity contribution in [3.05, 3.63) is 28.3 Å². The SMILES string of the molecule is O=[N+]([O-])c1ccc(N2CCCC2)c(S(=O)(=O)Cl)c1. The minimum absolute atomic E-state index is 0.194. The van der Waals surface area contributed by atoms with Crippen LogP contribution >= 0.6 is 10.7 Å². The number of halogens is 1. The summed E-state index contributed by atoms with van der Waals surface area (Å²) in [6.45, 7) is 1.47. The molecule has 98 valence electrons. The molecule has 8 heteroatoms. The summed E-state index contributed by atoms with van der Waals surface area (Å²) in [6, 6.07) is 3.74. The average Bonchev–Trinajstić information content (AvgIpc) is 2.80. The number of benzene rings is 1. The van der Waals surface area contributed by atoms with Crippen LogP contribution in [0.4, 0.5) is 11.4 Å². The Balaban J connectivity index is 2.55. The molecule has 1 heterocycles. The van der Waals surface area contributed by atoms with Crippen LogP contribution in [-0.2, 0) is 9.05 Å². The van der Waals surface area contributed by atoms with E-state index in [1.807, 2.05) is 4.90 Å². The van der Waals surface area contributed by atoms with Crippen molar-refractivity contribution in [2.75, 3.05) is 18.0 Å². The van der Waals surface area contributed by atoms with Crippen LogP contribution in [0.15, 0.2) is 23.1 Å². The molecular formula is C10H11ClN2O4S. The van der Waals surface area contributed by atoms with Gasteiger partial charge in [0.2, 0.25) is 0 Å². The smallest absolute Gasteiger partial charge is 0.270 e. The molecule has 0 N–H and O–H groups in total. The Kier molecular flexibility index (Phi) is 3.45. The van der Waals surface area contributed by atoms with Crippen LogP contribution in [0.2, 0.25) is 0 Å². The van der Waals surface area contributed by atoms with Crippen LogP contribution in [0.5, 0.6) is 0 Å². The Bertz CT molecular complexity index is 582. The summed E-state index contributed by atoms with van der Waals surface area (Å²) in [6.07, 6.45) is 1.94. The number of hydrogen-bond donors (Lipinski definition) is 0. The van der Waals surface area contributed by atoms with Gasteiger partial charge in [-0.3, -0.25) is 10.1 Å². The van der Waals surface area contributed by atoms with Gasteiger partial charge in [-0.1, -0.05) is 0 Å². The molecule has 0 amide bonds. The third-order valence-corrected chi connectivity index (χ3v) is 4.21. The summed E-state index contributed by atoms with van der Waals surface area (Å²) in [7, 11) is 1.34. The second-order valence-electron chi connectivity index (χ2n) is 4.04. The largest absolute Gasteiger partial charge is 0.370 e. The third-order valence-electron chi connectivity index (χ3n) is 2.86. The maximum Gasteiger partial charge on any atom is 0.270 e. The Morgan fingerprint density at radius 2 is 1.89 bits per heavy atom. The van der Waals surface area contributed by atoms with Crippen LogP contribution in [0.1, 0.15) is 12.8 Å². The maximum absolute atomic E-state index is 11.5. The predicted molar refractivity (Wildman–Crippen MR) is 67.6 cm³/mol. The van der Waals surface area contributed by atoms with Crippen molar-refractivity contribution in [2.24, 2.45) is 0 Å². The van der Waals surface area contributed by atoms with E-state index in [9.17, 15) is 18.5 Å². The van der Waals surface area contributed by atoms with Gasteiger partial charge in [0, 0.05) is 35.9 Å². The van der Waals surface area contributed by atoms with Gasteiger partial charge in [0.05, 0.1) is 10.6 Å². The number of nitrogens with zero attached hydrogens (tertiary/aromatic N) is 2. The summed E-state index contributed by atoms with van der Waals surface area (Å²) in [5, 5.41) is 10.7. The van der Waals surface area contributed by atoms with E-state index in [-0.39, 0.29) is 10.6 Å². The highest BCUT2D eigenvalue weighted by Gasteiger charge is 2.24. The Morgan fingerprint density at radius 3 is 2.39 bits per heavy atom. The number of nitro groups is 1. The summed E-state index contributed by atoms with van der Waals surface area (Å²) in [5.41, 5.74) is 0.158. The van der Waals surface area contributed by atoms with Crippen molar-refractivity contribution in [3.63, 3.8) is 0 Å². The first-order valence-electron chi connectivity index (χ1n) is 5.37. The van der Waals surface area contributed by atoms with Gasteiger partial charge >= 0.3 is 0 Å². The van der Waals surface area contributed by atoms with E-state index in [2.05, 4.69) is 0 Å². The van der Waals surface area contributed by atoms with Crippen LogP contribution in [0.3, 0.4) is 0 Å². The van der Waals surface area contributed by atoms with Crippen molar-refractivity contribution >= 4 is 31.1 Å². The zero-order valence-electron chi connectivity index (χ0n) is 9.37. The molecule has 1 fully saturated rings. The second kappa shape index (κ2) is 4.74. The topological polar surface area (TPSA) is 80.5 Å². The molecule has 0 spiro atoms. The molecule has 1 aromatic rings. The lowest BCUT2D eigenvalue weighted by Crippen LogP contribution is -2.19. The van der Waals surface area contributed by atoms with Crippen LogP contribution in [0, 0.1) is 10.1 Å². The molecule has 0 aliphatic carbocycles. The van der Waals surface area contributed by atoms with Gasteiger partial charge in [-0.25, -0.2) is 8.42 Å². The molecular weight excluding hydrogens is 280 g/mol. The summed E-state index contributed by atoms with van der Waals surface area (Å²) >= 11 is 0. The normalized spacial score (nSPS) is 15.9. The van der Waals surface area contributed by atoms with Crippen LogP contribution in [-0.4, -0.2) is 26.4 Å². The number of nitro benzene ring substituents is 1. The van der Waals surface area contributed by atoms with Crippen molar-refractivity contribution < 1.29 is 13.3 Å². The highest BCUT2D eigenvalue weighted by molar-refractivity contribution is 8.13. The minimum Gasteiger partial charge on any atom is -0.370 e. The number of non-ortho nitro benzene ring substituents is 1. The fraction of sp³-hybridized carbons (Fsp3) is 0.400. The quantitative estimate of drug-likeness (QED) is 0.484. The molecule has 0 unspecified atom stereocenters. The van der Waals surface area contributed by atoms with E-state index in [4.69, 9.17) is 10.7 Å². The van der Waals surface area contributed by atoms with E-state index < -0.39 is 14.0 Å². The van der Waals surface area contributed by atoms with Gasteiger partial charge in [0.1, 0.15) is 4.90 Å². The molecule has 18 heavy (non-hydrogen) atoms. The van der Waals surface area contributed by atoms with Gasteiger partial charge in [0.25, 0.3) is 14.7 Å². The molecule has 0 aromatic heterocycles. The zero-order valence-corrected chi connectivity index (χ0v) is 10.9. The monoisotopic (exact) mass is 290 g/mol. The Morgan fingerprint density at radius 1 is 1.28 bits per heavy atom. The highest BCUT2D eigenvalue weighted by Crippen LogP contribution is 2.33. The fourth-order valence-electron chi connectivity index (χ4n) is 2.03. The maximum atomic E-state index is 11.5. The molecule has 0 atom stereocenters. The van der Waals surface area contributed by atoms with Gasteiger partial charge in [-0.05, 0) is 18.9 Å². The van der Waals surface area contributed by atoms with E-state index in [0.29, 0.717) is 5.69 Å². The molecule has 1 aliphatic rings. The number of rotatable bonds is 3. The molecule has 1 aromatic carbocycles. The van der Waals surface area contributed by atoms with Crippen molar-refractivity contribution in [3.8, 4) is 0 Å². The van der Waals surface area contributed by atoms with E-state index in [0.717, 1.165) is 32.0 Å². The molecule has 6 nitrogen and oxygen atoms in total. The highest BCUT2D eigenvalue weighted by atomic mass is 35.7. The standard InChI is InChI=1S/C10H11ClN2O4S/c11-18(16,17)10-7-8(13(14)15)3-4-9(10)12-5-1-2-6-12/h3-4,7H,1-2,5-6H2. The van der Waals surface area contributed by atoms with Gasteiger partial charge in [-0.15, -0.1) is 0 Å². The molecule has 0 bridgehead atoms.